The first-order chi connectivity index (χ1) is 11.6. The third-order valence-corrected chi connectivity index (χ3v) is 3.37. The number of carboxylic acid groups (broad SMARTS) is 1. The maximum absolute atomic E-state index is 12.1. The van der Waals surface area contributed by atoms with Crippen molar-refractivity contribution >= 4 is 11.9 Å². The van der Waals surface area contributed by atoms with Gasteiger partial charge in [0.05, 0.1) is 17.3 Å². The van der Waals surface area contributed by atoms with Crippen LogP contribution < -0.4 is 5.32 Å². The fraction of sp³-hybridized carbons (Fsp3) is 0.0588. The SMILES string of the molecule is O=C(O)c1cnn(-c2ccc(C(=O)NCc3ccccc3)cn2)c1. The standard InChI is InChI=1S/C17H14N4O3/c22-16(19-8-12-4-2-1-3-5-12)13-6-7-15(18-9-13)21-11-14(10-20-21)17(23)24/h1-7,9-11H,8H2,(H,19,22)(H,23,24). The first-order valence-corrected chi connectivity index (χ1v) is 7.20. The van der Waals surface area contributed by atoms with Gasteiger partial charge in [0.2, 0.25) is 0 Å². The van der Waals surface area contributed by atoms with Gasteiger partial charge >= 0.3 is 5.97 Å². The molecule has 0 atom stereocenters. The topological polar surface area (TPSA) is 97.1 Å². The molecule has 120 valence electrons. The Morgan fingerprint density at radius 3 is 2.46 bits per heavy atom. The van der Waals surface area contributed by atoms with Crippen molar-refractivity contribution in [1.29, 1.82) is 0 Å². The van der Waals surface area contributed by atoms with Gasteiger partial charge in [0.25, 0.3) is 5.91 Å². The van der Waals surface area contributed by atoms with Crippen molar-refractivity contribution in [2.75, 3.05) is 0 Å². The Morgan fingerprint density at radius 1 is 1.04 bits per heavy atom. The number of carbonyl (C=O) groups excluding carboxylic acids is 1. The van der Waals surface area contributed by atoms with Crippen molar-refractivity contribution < 1.29 is 14.7 Å². The molecule has 0 fully saturated rings. The second kappa shape index (κ2) is 6.74. The van der Waals surface area contributed by atoms with Gasteiger partial charge in [0.15, 0.2) is 5.82 Å². The predicted molar refractivity (Wildman–Crippen MR) is 85.9 cm³/mol. The van der Waals surface area contributed by atoms with Crippen LogP contribution in [0.15, 0.2) is 61.1 Å². The second-order valence-electron chi connectivity index (χ2n) is 5.05. The predicted octanol–water partition coefficient (Wildman–Crippen LogP) is 1.90. The monoisotopic (exact) mass is 322 g/mol. The van der Waals surface area contributed by atoms with Crippen molar-refractivity contribution in [2.45, 2.75) is 6.54 Å². The van der Waals surface area contributed by atoms with E-state index in [1.807, 2.05) is 30.3 Å². The van der Waals surface area contributed by atoms with Crippen LogP contribution in [0.3, 0.4) is 0 Å². The summed E-state index contributed by atoms with van der Waals surface area (Å²) in [6.07, 6.45) is 4.03. The van der Waals surface area contributed by atoms with Gasteiger partial charge in [-0.25, -0.2) is 14.5 Å². The van der Waals surface area contributed by atoms with Gasteiger partial charge in [-0.1, -0.05) is 30.3 Å². The zero-order valence-electron chi connectivity index (χ0n) is 12.6. The summed E-state index contributed by atoms with van der Waals surface area (Å²) in [6, 6.07) is 12.8. The zero-order valence-corrected chi connectivity index (χ0v) is 12.6. The second-order valence-corrected chi connectivity index (χ2v) is 5.05. The molecule has 2 N–H and O–H groups in total. The van der Waals surface area contributed by atoms with Crippen molar-refractivity contribution in [1.82, 2.24) is 20.1 Å². The Morgan fingerprint density at radius 2 is 1.83 bits per heavy atom. The quantitative estimate of drug-likeness (QED) is 0.747. The van der Waals surface area contributed by atoms with Gasteiger partial charge in [-0.15, -0.1) is 0 Å². The van der Waals surface area contributed by atoms with E-state index in [1.54, 1.807) is 12.1 Å². The summed E-state index contributed by atoms with van der Waals surface area (Å²) in [5.41, 5.74) is 1.50. The lowest BCUT2D eigenvalue weighted by Crippen LogP contribution is -2.23. The number of carbonyl (C=O) groups is 2. The van der Waals surface area contributed by atoms with E-state index in [2.05, 4.69) is 15.4 Å². The van der Waals surface area contributed by atoms with E-state index < -0.39 is 5.97 Å². The lowest BCUT2D eigenvalue weighted by molar-refractivity contribution is 0.0696. The molecule has 7 heteroatoms. The Balaban J connectivity index is 1.67. The number of nitrogens with one attached hydrogen (secondary N) is 1. The minimum Gasteiger partial charge on any atom is -0.478 e. The molecule has 0 aliphatic rings. The van der Waals surface area contributed by atoms with Gasteiger partial charge in [-0.05, 0) is 17.7 Å². The summed E-state index contributed by atoms with van der Waals surface area (Å²) in [5.74, 6) is -0.857. The number of hydrogen-bond acceptors (Lipinski definition) is 4. The number of rotatable bonds is 5. The molecular formula is C17H14N4O3. The molecule has 0 spiro atoms. The third-order valence-electron chi connectivity index (χ3n) is 3.37. The highest BCUT2D eigenvalue weighted by molar-refractivity contribution is 5.93. The summed E-state index contributed by atoms with van der Waals surface area (Å²) in [7, 11) is 0. The highest BCUT2D eigenvalue weighted by Crippen LogP contribution is 2.07. The van der Waals surface area contributed by atoms with E-state index in [-0.39, 0.29) is 11.5 Å². The summed E-state index contributed by atoms with van der Waals surface area (Å²) in [6.45, 7) is 0.433. The van der Waals surface area contributed by atoms with Crippen LogP contribution in [0.5, 0.6) is 0 Å². The van der Waals surface area contributed by atoms with Gasteiger partial charge in [0, 0.05) is 18.9 Å². The van der Waals surface area contributed by atoms with Crippen LogP contribution in [0.1, 0.15) is 26.3 Å². The van der Waals surface area contributed by atoms with Crippen LogP contribution in [0.4, 0.5) is 0 Å². The highest BCUT2D eigenvalue weighted by atomic mass is 16.4. The van der Waals surface area contributed by atoms with Crippen molar-refractivity contribution in [3.8, 4) is 5.82 Å². The minimum absolute atomic E-state index is 0.0708. The van der Waals surface area contributed by atoms with E-state index in [0.717, 1.165) is 5.56 Å². The van der Waals surface area contributed by atoms with Crippen LogP contribution >= 0.6 is 0 Å². The average Bonchev–Trinajstić information content (AvgIpc) is 3.11. The smallest absolute Gasteiger partial charge is 0.338 e. The Labute approximate surface area is 137 Å². The van der Waals surface area contributed by atoms with Crippen molar-refractivity contribution in [2.24, 2.45) is 0 Å². The van der Waals surface area contributed by atoms with E-state index in [1.165, 1.54) is 23.3 Å². The summed E-state index contributed by atoms with van der Waals surface area (Å²) in [5, 5.41) is 15.6. The molecule has 1 aromatic carbocycles. The van der Waals surface area contributed by atoms with Crippen LogP contribution in [0, 0.1) is 0 Å². The molecule has 0 saturated heterocycles. The molecule has 0 aliphatic heterocycles. The third kappa shape index (κ3) is 3.46. The van der Waals surface area contributed by atoms with Gasteiger partial charge in [-0.3, -0.25) is 4.79 Å². The molecule has 0 saturated carbocycles. The number of aromatic carboxylic acids is 1. The number of benzene rings is 1. The van der Waals surface area contributed by atoms with Crippen molar-refractivity contribution in [3.05, 3.63) is 77.7 Å². The van der Waals surface area contributed by atoms with Crippen LogP contribution in [0.2, 0.25) is 0 Å². The molecule has 1 amide bonds. The number of hydrogen-bond donors (Lipinski definition) is 2. The van der Waals surface area contributed by atoms with E-state index in [0.29, 0.717) is 17.9 Å². The Kier molecular flexibility index (Phi) is 4.33. The maximum atomic E-state index is 12.1. The molecule has 7 nitrogen and oxygen atoms in total. The minimum atomic E-state index is -1.06. The number of amides is 1. The molecule has 3 rings (SSSR count). The fourth-order valence-corrected chi connectivity index (χ4v) is 2.09. The highest BCUT2D eigenvalue weighted by Gasteiger charge is 2.10. The normalized spacial score (nSPS) is 10.3. The molecule has 2 heterocycles. The lowest BCUT2D eigenvalue weighted by Gasteiger charge is -2.06. The van der Waals surface area contributed by atoms with E-state index in [4.69, 9.17) is 5.11 Å². The molecular weight excluding hydrogens is 308 g/mol. The number of nitrogens with zero attached hydrogens (tertiary/aromatic N) is 3. The van der Waals surface area contributed by atoms with Gasteiger partial charge < -0.3 is 10.4 Å². The van der Waals surface area contributed by atoms with Gasteiger partial charge in [0.1, 0.15) is 0 Å². The fourth-order valence-electron chi connectivity index (χ4n) is 2.09. The molecule has 2 aromatic heterocycles. The maximum Gasteiger partial charge on any atom is 0.338 e. The van der Waals surface area contributed by atoms with Crippen LogP contribution in [0.25, 0.3) is 5.82 Å². The molecule has 0 unspecified atom stereocenters. The Bertz CT molecular complexity index is 857. The van der Waals surface area contributed by atoms with E-state index in [9.17, 15) is 9.59 Å². The van der Waals surface area contributed by atoms with Crippen LogP contribution in [-0.4, -0.2) is 31.7 Å². The number of carboxylic acids is 1. The Hall–Kier alpha value is -3.48. The number of aromatic nitrogens is 3. The summed E-state index contributed by atoms with van der Waals surface area (Å²) in [4.78, 5) is 27.1. The zero-order chi connectivity index (χ0) is 16.9. The summed E-state index contributed by atoms with van der Waals surface area (Å²) >= 11 is 0. The lowest BCUT2D eigenvalue weighted by atomic mass is 10.2. The molecule has 0 aliphatic carbocycles. The summed E-state index contributed by atoms with van der Waals surface area (Å²) < 4.78 is 1.34. The molecule has 0 radical (unpaired) electrons. The molecule has 24 heavy (non-hydrogen) atoms. The average molecular weight is 322 g/mol. The van der Waals surface area contributed by atoms with Crippen LogP contribution in [-0.2, 0) is 6.54 Å². The molecule has 0 bridgehead atoms. The first-order valence-electron chi connectivity index (χ1n) is 7.20. The number of pyridine rings is 1. The van der Waals surface area contributed by atoms with E-state index >= 15 is 0 Å². The molecule has 3 aromatic rings. The largest absolute Gasteiger partial charge is 0.478 e. The van der Waals surface area contributed by atoms with Gasteiger partial charge in [-0.2, -0.15) is 5.10 Å². The van der Waals surface area contributed by atoms with Crippen molar-refractivity contribution in [3.63, 3.8) is 0 Å². The first kappa shape index (κ1) is 15.4.